The van der Waals surface area contributed by atoms with Gasteiger partial charge in [0, 0.05) is 6.04 Å². The summed E-state index contributed by atoms with van der Waals surface area (Å²) in [7, 11) is 0. The van der Waals surface area contributed by atoms with E-state index in [1.807, 2.05) is 24.8 Å². The zero-order valence-electron chi connectivity index (χ0n) is 9.58. The van der Waals surface area contributed by atoms with Gasteiger partial charge in [-0.15, -0.1) is 0 Å². The van der Waals surface area contributed by atoms with Gasteiger partial charge in [-0.05, 0) is 60.4 Å². The Hall–Kier alpha value is -0.540. The summed E-state index contributed by atoms with van der Waals surface area (Å²) in [5.41, 5.74) is 8.40. The van der Waals surface area contributed by atoms with Crippen molar-refractivity contribution in [1.82, 2.24) is 0 Å². The molecule has 2 N–H and O–H groups in total. The van der Waals surface area contributed by atoms with E-state index in [-0.39, 0.29) is 11.9 Å². The Morgan fingerprint density at radius 2 is 2.38 bits per heavy atom. The predicted octanol–water partition coefficient (Wildman–Crippen LogP) is 2.76. The fraction of sp³-hybridized carbons (Fsp3) is 0.538. The summed E-state index contributed by atoms with van der Waals surface area (Å²) >= 11 is 1.97. The van der Waals surface area contributed by atoms with E-state index in [1.54, 1.807) is 6.07 Å². The first-order chi connectivity index (χ1) is 7.66. The lowest BCUT2D eigenvalue weighted by molar-refractivity contribution is 0.461. The Bertz CT molecular complexity index is 361. The van der Waals surface area contributed by atoms with Crippen LogP contribution in [0.15, 0.2) is 18.2 Å². The molecule has 1 heterocycles. The molecule has 16 heavy (non-hydrogen) atoms. The highest BCUT2D eigenvalue weighted by Gasteiger charge is 2.22. The number of hydrogen-bond acceptors (Lipinski definition) is 2. The number of hydrogen-bond donors (Lipinski definition) is 1. The number of benzene rings is 1. The minimum absolute atomic E-state index is 0.159. The van der Waals surface area contributed by atoms with Crippen molar-refractivity contribution in [2.45, 2.75) is 25.8 Å². The van der Waals surface area contributed by atoms with Gasteiger partial charge in [0.1, 0.15) is 5.82 Å². The van der Waals surface area contributed by atoms with Gasteiger partial charge in [0.2, 0.25) is 0 Å². The van der Waals surface area contributed by atoms with Gasteiger partial charge in [0.15, 0.2) is 0 Å². The van der Waals surface area contributed by atoms with Crippen LogP contribution in [-0.4, -0.2) is 17.5 Å². The predicted molar refractivity (Wildman–Crippen MR) is 68.2 cm³/mol. The Balaban J connectivity index is 2.04. The summed E-state index contributed by atoms with van der Waals surface area (Å²) in [6, 6.07) is 5.14. The van der Waals surface area contributed by atoms with Crippen LogP contribution in [0.5, 0.6) is 0 Å². The summed E-state index contributed by atoms with van der Waals surface area (Å²) in [5, 5.41) is 0. The van der Waals surface area contributed by atoms with E-state index in [4.69, 9.17) is 5.73 Å². The van der Waals surface area contributed by atoms with Crippen LogP contribution in [0, 0.1) is 18.7 Å². The standard InChI is InChI=1S/C13H18FNS/c1-9-2-3-12(14)6-11(9)7-13(15)10-4-5-16-8-10/h2-3,6,10,13H,4-5,7-8,15H2,1H3. The number of rotatable bonds is 3. The minimum atomic E-state index is -0.159. The number of nitrogens with two attached hydrogens (primary N) is 1. The van der Waals surface area contributed by atoms with Crippen LogP contribution >= 0.6 is 11.8 Å². The molecule has 1 nitrogen and oxygen atoms in total. The van der Waals surface area contributed by atoms with Crippen molar-refractivity contribution in [3.05, 3.63) is 35.1 Å². The topological polar surface area (TPSA) is 26.0 Å². The zero-order chi connectivity index (χ0) is 11.5. The van der Waals surface area contributed by atoms with Gasteiger partial charge in [-0.1, -0.05) is 6.07 Å². The Morgan fingerprint density at radius 1 is 1.56 bits per heavy atom. The lowest BCUT2D eigenvalue weighted by atomic mass is 9.92. The van der Waals surface area contributed by atoms with Gasteiger partial charge < -0.3 is 5.73 Å². The van der Waals surface area contributed by atoms with Gasteiger partial charge in [0.25, 0.3) is 0 Å². The van der Waals surface area contributed by atoms with E-state index in [1.165, 1.54) is 18.2 Å². The highest BCUT2D eigenvalue weighted by molar-refractivity contribution is 7.99. The molecule has 3 heteroatoms. The highest BCUT2D eigenvalue weighted by atomic mass is 32.2. The van der Waals surface area contributed by atoms with Gasteiger partial charge in [-0.3, -0.25) is 0 Å². The second-order valence-corrected chi connectivity index (χ2v) is 5.71. The molecule has 2 atom stereocenters. The fourth-order valence-corrected chi connectivity index (χ4v) is 3.52. The first kappa shape index (κ1) is 11.9. The largest absolute Gasteiger partial charge is 0.327 e. The lowest BCUT2D eigenvalue weighted by Crippen LogP contribution is -2.32. The van der Waals surface area contributed by atoms with Crippen molar-refractivity contribution in [3.63, 3.8) is 0 Å². The molecule has 1 aromatic rings. The SMILES string of the molecule is Cc1ccc(F)cc1CC(N)C1CCSC1. The number of aryl methyl sites for hydroxylation is 1. The molecular formula is C13H18FNS. The molecular weight excluding hydrogens is 221 g/mol. The molecule has 0 saturated carbocycles. The second kappa shape index (κ2) is 5.19. The van der Waals surface area contributed by atoms with Crippen molar-refractivity contribution in [2.75, 3.05) is 11.5 Å². The molecule has 0 amide bonds. The van der Waals surface area contributed by atoms with Gasteiger partial charge in [-0.25, -0.2) is 4.39 Å². The molecule has 0 bridgehead atoms. The summed E-state index contributed by atoms with van der Waals surface area (Å²) < 4.78 is 13.1. The molecule has 1 saturated heterocycles. The normalized spacial score (nSPS) is 22.3. The van der Waals surface area contributed by atoms with Crippen LogP contribution in [0.3, 0.4) is 0 Å². The lowest BCUT2D eigenvalue weighted by Gasteiger charge is -2.19. The van der Waals surface area contributed by atoms with E-state index in [9.17, 15) is 4.39 Å². The maximum atomic E-state index is 13.1. The average Bonchev–Trinajstić information content (AvgIpc) is 2.76. The van der Waals surface area contributed by atoms with Crippen LogP contribution in [0.2, 0.25) is 0 Å². The van der Waals surface area contributed by atoms with Crippen molar-refractivity contribution < 1.29 is 4.39 Å². The Morgan fingerprint density at radius 3 is 3.06 bits per heavy atom. The van der Waals surface area contributed by atoms with Gasteiger partial charge in [0.05, 0.1) is 0 Å². The van der Waals surface area contributed by atoms with Crippen LogP contribution in [0.4, 0.5) is 4.39 Å². The summed E-state index contributed by atoms with van der Waals surface area (Å²) in [6.45, 7) is 2.02. The monoisotopic (exact) mass is 239 g/mol. The first-order valence-electron chi connectivity index (χ1n) is 5.75. The third-order valence-electron chi connectivity index (χ3n) is 3.34. The molecule has 88 valence electrons. The van der Waals surface area contributed by atoms with Crippen LogP contribution < -0.4 is 5.73 Å². The fourth-order valence-electron chi connectivity index (χ4n) is 2.17. The highest BCUT2D eigenvalue weighted by Crippen LogP contribution is 2.27. The van der Waals surface area contributed by atoms with Crippen molar-refractivity contribution in [1.29, 1.82) is 0 Å². The van der Waals surface area contributed by atoms with Crippen molar-refractivity contribution in [2.24, 2.45) is 11.7 Å². The smallest absolute Gasteiger partial charge is 0.123 e. The molecule has 1 aromatic carbocycles. The van der Waals surface area contributed by atoms with E-state index in [2.05, 4.69) is 0 Å². The molecule has 2 unspecified atom stereocenters. The third kappa shape index (κ3) is 2.77. The molecule has 0 aromatic heterocycles. The van der Waals surface area contributed by atoms with Crippen LogP contribution in [0.25, 0.3) is 0 Å². The average molecular weight is 239 g/mol. The van der Waals surface area contributed by atoms with Gasteiger partial charge >= 0.3 is 0 Å². The second-order valence-electron chi connectivity index (χ2n) is 4.56. The van der Waals surface area contributed by atoms with Crippen LogP contribution in [-0.2, 0) is 6.42 Å². The molecule has 0 aliphatic carbocycles. The van der Waals surface area contributed by atoms with Crippen LogP contribution in [0.1, 0.15) is 17.5 Å². The zero-order valence-corrected chi connectivity index (χ0v) is 10.4. The minimum Gasteiger partial charge on any atom is -0.327 e. The Labute approximate surface area is 101 Å². The maximum Gasteiger partial charge on any atom is 0.123 e. The number of thioether (sulfide) groups is 1. The van der Waals surface area contributed by atoms with E-state index in [0.717, 1.165) is 23.3 Å². The number of halogens is 1. The molecule has 2 rings (SSSR count). The molecule has 1 aliphatic heterocycles. The van der Waals surface area contributed by atoms with Crippen molar-refractivity contribution in [3.8, 4) is 0 Å². The molecule has 0 spiro atoms. The molecule has 1 aliphatic rings. The summed E-state index contributed by atoms with van der Waals surface area (Å²) in [6.07, 6.45) is 2.01. The molecule has 1 fully saturated rings. The third-order valence-corrected chi connectivity index (χ3v) is 4.53. The van der Waals surface area contributed by atoms with E-state index >= 15 is 0 Å². The maximum absolute atomic E-state index is 13.1. The quantitative estimate of drug-likeness (QED) is 0.877. The Kier molecular flexibility index (Phi) is 3.87. The van der Waals surface area contributed by atoms with Crippen molar-refractivity contribution >= 4 is 11.8 Å². The van der Waals surface area contributed by atoms with E-state index < -0.39 is 0 Å². The molecule has 0 radical (unpaired) electrons. The summed E-state index contributed by atoms with van der Waals surface area (Å²) in [5.74, 6) is 2.83. The van der Waals surface area contributed by atoms with E-state index in [0.29, 0.717) is 5.92 Å². The summed E-state index contributed by atoms with van der Waals surface area (Å²) in [4.78, 5) is 0. The van der Waals surface area contributed by atoms with Gasteiger partial charge in [-0.2, -0.15) is 11.8 Å². The first-order valence-corrected chi connectivity index (χ1v) is 6.90.